The van der Waals surface area contributed by atoms with Gasteiger partial charge in [0.15, 0.2) is 12.3 Å². The minimum Gasteiger partial charge on any atom is -0.476 e. The second-order valence-electron chi connectivity index (χ2n) is 12.3. The molecule has 2 aromatic rings. The molecule has 0 radical (unpaired) electrons. The van der Waals surface area contributed by atoms with Crippen molar-refractivity contribution < 1.29 is 19.5 Å². The zero-order valence-corrected chi connectivity index (χ0v) is 22.9. The van der Waals surface area contributed by atoms with E-state index >= 15 is 0 Å². The van der Waals surface area contributed by atoms with Gasteiger partial charge in [0.25, 0.3) is 11.5 Å². The topological polar surface area (TPSA) is 140 Å². The fourth-order valence-corrected chi connectivity index (χ4v) is 8.32. The Labute approximate surface area is 233 Å². The molecular formula is C30H39N5O5. The lowest BCUT2D eigenvalue weighted by Crippen LogP contribution is -2.58. The average Bonchev–Trinajstić information content (AvgIpc) is 3.09. The molecule has 10 nitrogen and oxygen atoms in total. The van der Waals surface area contributed by atoms with Crippen LogP contribution in [-0.2, 0) is 14.4 Å². The summed E-state index contributed by atoms with van der Waals surface area (Å²) in [7, 11) is 0. The summed E-state index contributed by atoms with van der Waals surface area (Å²) >= 11 is 0. The number of amides is 1. The molecule has 1 aromatic heterocycles. The second kappa shape index (κ2) is 11.3. The van der Waals surface area contributed by atoms with Crippen molar-refractivity contribution in [2.75, 3.05) is 6.61 Å². The van der Waals surface area contributed by atoms with Crippen LogP contribution in [0.2, 0.25) is 0 Å². The molecule has 4 atom stereocenters. The maximum Gasteiger partial charge on any atom is 0.360 e. The van der Waals surface area contributed by atoms with E-state index in [1.807, 2.05) is 18.2 Å². The van der Waals surface area contributed by atoms with Gasteiger partial charge < -0.3 is 20.2 Å². The number of nitrogens with zero attached hydrogens (tertiary/aromatic N) is 4. The quantitative estimate of drug-likeness (QED) is 0.397. The van der Waals surface area contributed by atoms with Gasteiger partial charge in [-0.3, -0.25) is 14.5 Å². The number of aromatic nitrogens is 2. The number of hydrogen-bond donors (Lipinski definition) is 2. The average molecular weight is 550 g/mol. The Morgan fingerprint density at radius 2 is 1.60 bits per heavy atom. The number of para-hydroxylation sites is 2. The number of piperidine rings is 2. The highest BCUT2D eigenvalue weighted by molar-refractivity contribution is 6.41. The summed E-state index contributed by atoms with van der Waals surface area (Å²) in [6.07, 6.45) is 14.7. The van der Waals surface area contributed by atoms with E-state index in [1.54, 1.807) is 10.6 Å². The van der Waals surface area contributed by atoms with Gasteiger partial charge in [0.05, 0.1) is 11.0 Å². The van der Waals surface area contributed by atoms with Crippen molar-refractivity contribution in [2.24, 2.45) is 22.7 Å². The normalized spacial score (nSPS) is 30.9. The molecule has 3 N–H and O–H groups in total. The Bertz CT molecular complexity index is 1340. The van der Waals surface area contributed by atoms with E-state index < -0.39 is 29.8 Å². The van der Waals surface area contributed by atoms with Crippen molar-refractivity contribution in [3.8, 4) is 0 Å². The van der Waals surface area contributed by atoms with Gasteiger partial charge in [-0.2, -0.15) is 0 Å². The van der Waals surface area contributed by atoms with E-state index in [-0.39, 0.29) is 11.7 Å². The molecule has 2 aliphatic heterocycles. The van der Waals surface area contributed by atoms with Crippen LogP contribution in [0.4, 0.5) is 0 Å². The number of hydrogen-bond acceptors (Lipinski definition) is 7. The lowest BCUT2D eigenvalue weighted by molar-refractivity contribution is -0.130. The molecule has 1 amide bonds. The van der Waals surface area contributed by atoms with Gasteiger partial charge in [-0.15, -0.1) is 0 Å². The molecule has 4 bridgehead atoms. The smallest absolute Gasteiger partial charge is 0.360 e. The van der Waals surface area contributed by atoms with E-state index in [4.69, 9.17) is 10.6 Å². The maximum absolute atomic E-state index is 14.0. The van der Waals surface area contributed by atoms with Gasteiger partial charge in [-0.05, 0) is 68.9 Å². The number of primary amides is 1. The number of carboxylic acids is 1. The molecule has 10 heteroatoms. The minimum absolute atomic E-state index is 0.0712. The number of aliphatic carboxylic acids is 1. The molecule has 40 heavy (non-hydrogen) atoms. The van der Waals surface area contributed by atoms with Gasteiger partial charge in [0.1, 0.15) is 0 Å². The van der Waals surface area contributed by atoms with Crippen LogP contribution < -0.4 is 11.3 Å². The Morgan fingerprint density at radius 1 is 0.925 bits per heavy atom. The van der Waals surface area contributed by atoms with Gasteiger partial charge >= 0.3 is 5.97 Å². The molecule has 4 aliphatic rings. The van der Waals surface area contributed by atoms with E-state index in [2.05, 4.69) is 15.0 Å². The van der Waals surface area contributed by atoms with Crippen molar-refractivity contribution in [3.05, 3.63) is 40.3 Å². The van der Waals surface area contributed by atoms with Crippen molar-refractivity contribution in [1.29, 1.82) is 0 Å². The highest BCUT2D eigenvalue weighted by Gasteiger charge is 2.45. The molecule has 3 heterocycles. The molecule has 2 aliphatic carbocycles. The van der Waals surface area contributed by atoms with E-state index in [0.29, 0.717) is 29.2 Å². The van der Waals surface area contributed by atoms with Gasteiger partial charge in [-0.1, -0.05) is 49.4 Å². The Balaban J connectivity index is 1.35. The molecule has 214 valence electrons. The second-order valence-corrected chi connectivity index (χ2v) is 12.3. The molecule has 4 fully saturated rings. The summed E-state index contributed by atoms with van der Waals surface area (Å²) < 4.78 is 1.76. The maximum atomic E-state index is 14.0. The first kappa shape index (κ1) is 26.9. The van der Waals surface area contributed by atoms with Crippen molar-refractivity contribution in [1.82, 2.24) is 14.5 Å². The molecule has 2 saturated heterocycles. The molecular weight excluding hydrogens is 510 g/mol. The number of nitrogens with two attached hydrogens (primary N) is 1. The summed E-state index contributed by atoms with van der Waals surface area (Å²) in [6.45, 7) is -0.594. The molecule has 1 aromatic carbocycles. The summed E-state index contributed by atoms with van der Waals surface area (Å²) in [6, 6.07) is 8.73. The van der Waals surface area contributed by atoms with Crippen LogP contribution >= 0.6 is 0 Å². The summed E-state index contributed by atoms with van der Waals surface area (Å²) in [5.74, 6) is -0.552. The van der Waals surface area contributed by atoms with E-state index in [9.17, 15) is 19.5 Å². The molecule has 2 saturated carbocycles. The number of rotatable bonds is 7. The zero-order chi connectivity index (χ0) is 27.8. The van der Waals surface area contributed by atoms with Crippen molar-refractivity contribution in [3.63, 3.8) is 0 Å². The fourth-order valence-electron chi connectivity index (χ4n) is 8.32. The van der Waals surface area contributed by atoms with Gasteiger partial charge in [0, 0.05) is 24.2 Å². The first-order chi connectivity index (χ1) is 19.4. The van der Waals surface area contributed by atoms with Crippen molar-refractivity contribution >= 4 is 28.6 Å². The van der Waals surface area contributed by atoms with Crippen LogP contribution in [-0.4, -0.2) is 61.9 Å². The van der Waals surface area contributed by atoms with Crippen molar-refractivity contribution in [2.45, 2.75) is 101 Å². The highest BCUT2D eigenvalue weighted by Crippen LogP contribution is 2.47. The fraction of sp³-hybridized carbons (Fsp3) is 0.633. The number of carbonyl (C=O) groups excluding carboxylic acids is 1. The lowest BCUT2D eigenvalue weighted by atomic mass is 9.73. The summed E-state index contributed by atoms with van der Waals surface area (Å²) in [5.41, 5.74) is 4.89. The van der Waals surface area contributed by atoms with Gasteiger partial charge in [-0.25, -0.2) is 9.78 Å². The number of carbonyl (C=O) groups is 2. The lowest BCUT2D eigenvalue weighted by Gasteiger charge is -2.54. The Kier molecular flexibility index (Phi) is 7.61. The third-order valence-electron chi connectivity index (χ3n) is 9.73. The highest BCUT2D eigenvalue weighted by atomic mass is 16.6. The summed E-state index contributed by atoms with van der Waals surface area (Å²) in [4.78, 5) is 49.3. The first-order valence-electron chi connectivity index (χ1n) is 14.9. The largest absolute Gasteiger partial charge is 0.476 e. The molecule has 0 spiro atoms. The van der Waals surface area contributed by atoms with Crippen LogP contribution in [0.5, 0.6) is 0 Å². The third kappa shape index (κ3) is 5.25. The van der Waals surface area contributed by atoms with Crippen LogP contribution in [0, 0.1) is 11.8 Å². The number of benzene rings is 1. The molecule has 6 rings (SSSR count). The van der Waals surface area contributed by atoms with Crippen LogP contribution in [0.1, 0.15) is 88.8 Å². The molecule has 0 unspecified atom stereocenters. The van der Waals surface area contributed by atoms with Crippen LogP contribution in [0.3, 0.4) is 0 Å². The monoisotopic (exact) mass is 549 g/mol. The predicted molar refractivity (Wildman–Crippen MR) is 150 cm³/mol. The zero-order valence-electron chi connectivity index (χ0n) is 22.9. The number of fused-ring (bicyclic) bond motifs is 5. The Hall–Kier alpha value is -3.27. The van der Waals surface area contributed by atoms with Gasteiger partial charge in [0.2, 0.25) is 5.71 Å². The number of carboxylic acid groups (broad SMARTS) is 1. The number of oxime groups is 1. The van der Waals surface area contributed by atoms with E-state index in [1.165, 1.54) is 51.4 Å². The van der Waals surface area contributed by atoms with Crippen LogP contribution in [0.25, 0.3) is 11.0 Å². The van der Waals surface area contributed by atoms with E-state index in [0.717, 1.165) is 37.5 Å². The van der Waals surface area contributed by atoms with Crippen LogP contribution in [0.15, 0.2) is 34.2 Å². The third-order valence-corrected chi connectivity index (χ3v) is 9.73. The predicted octanol–water partition coefficient (Wildman–Crippen LogP) is 3.60. The first-order valence-corrected chi connectivity index (χ1v) is 14.9. The summed E-state index contributed by atoms with van der Waals surface area (Å²) in [5, 5.41) is 13.5. The Morgan fingerprint density at radius 3 is 2.25 bits per heavy atom. The SMILES string of the molecule is NC(=O)CO/N=C(\C(=O)O)c1nc2ccccc2n(C2C[C@H]3CCC[C@H](C2)N3C2C[C@@H]3CCCC[C@@H](C2)C3)c1=O. The minimum atomic E-state index is -1.46. The standard InChI is InChI=1S/C30H39N5O5/c31-26(36)17-40-33-28(30(38)39)27-29(37)35(25-11-4-3-10-24(25)32-27)23-15-20-8-5-9-21(16-23)34(20)22-13-18-6-1-2-7-19(12-18)14-22/h3-4,10-11,18-23H,1-2,5-9,12-17H2,(H2,31,36)(H,38,39)/b33-28-/t18-,19-,20-,21-/m1/s1.